The number of rotatable bonds is 4. The van der Waals surface area contributed by atoms with Gasteiger partial charge in [0, 0.05) is 0 Å². The smallest absolute Gasteiger partial charge is 0.338 e. The highest BCUT2D eigenvalue weighted by atomic mass is 16.5. The largest absolute Gasteiger partial charge is 0.459 e. The summed E-state index contributed by atoms with van der Waals surface area (Å²) in [4.78, 5) is 24.3. The van der Waals surface area contributed by atoms with Crippen molar-refractivity contribution in [2.45, 2.75) is 59.7 Å². The Labute approximate surface area is 120 Å². The number of ether oxygens (including phenoxy) is 2. The molecule has 0 aromatic rings. The average Bonchev–Trinajstić information content (AvgIpc) is 2.49. The normalized spacial score (nSPS) is 16.6. The van der Waals surface area contributed by atoms with E-state index in [9.17, 15) is 9.59 Å². The van der Waals surface area contributed by atoms with Crippen LogP contribution in [0.2, 0.25) is 0 Å². The van der Waals surface area contributed by atoms with Crippen molar-refractivity contribution in [3.8, 4) is 0 Å². The molecule has 1 aliphatic rings. The second-order valence-electron chi connectivity index (χ2n) is 5.72. The fourth-order valence-corrected chi connectivity index (χ4v) is 1.90. The quantitative estimate of drug-likeness (QED) is 0.742. The first-order valence-corrected chi connectivity index (χ1v) is 7.13. The Morgan fingerprint density at radius 1 is 0.950 bits per heavy atom. The van der Waals surface area contributed by atoms with Crippen LogP contribution in [-0.4, -0.2) is 24.1 Å². The molecule has 0 aromatic heterocycles. The molecule has 0 radical (unpaired) electrons. The first-order chi connectivity index (χ1) is 9.31. The van der Waals surface area contributed by atoms with Gasteiger partial charge < -0.3 is 9.47 Å². The Balaban J connectivity index is 3.01. The van der Waals surface area contributed by atoms with Crippen LogP contribution in [0, 0.1) is 5.92 Å². The second-order valence-corrected chi connectivity index (χ2v) is 5.72. The molecule has 0 atom stereocenters. The fraction of sp³-hybridized carbons (Fsp3) is 0.625. The molecule has 0 aromatic carbocycles. The summed E-state index contributed by atoms with van der Waals surface area (Å²) in [7, 11) is 0. The molecule has 4 heteroatoms. The van der Waals surface area contributed by atoms with Crippen LogP contribution in [0.25, 0.3) is 0 Å². The van der Waals surface area contributed by atoms with E-state index in [1.807, 2.05) is 0 Å². The monoisotopic (exact) mass is 280 g/mol. The summed E-state index contributed by atoms with van der Waals surface area (Å²) in [6.45, 7) is 9.22. The number of esters is 2. The standard InChI is InChI=1S/C16H24O4/c1-10(2)19-15(17)13-8-6-12(5)7-9-14(13)16(18)20-11(3)4/h8-12H,6-7H2,1-5H3. The summed E-state index contributed by atoms with van der Waals surface area (Å²) in [5, 5.41) is 0. The second kappa shape index (κ2) is 7.27. The Hall–Kier alpha value is -1.58. The van der Waals surface area contributed by atoms with Gasteiger partial charge in [-0.1, -0.05) is 19.1 Å². The maximum absolute atomic E-state index is 12.1. The van der Waals surface area contributed by atoms with Crippen molar-refractivity contribution in [3.63, 3.8) is 0 Å². The van der Waals surface area contributed by atoms with Crippen LogP contribution in [0.15, 0.2) is 23.3 Å². The predicted molar refractivity (Wildman–Crippen MR) is 77.0 cm³/mol. The van der Waals surface area contributed by atoms with Crippen LogP contribution in [0.5, 0.6) is 0 Å². The molecule has 0 bridgehead atoms. The molecule has 4 nitrogen and oxygen atoms in total. The molecule has 0 fully saturated rings. The summed E-state index contributed by atoms with van der Waals surface area (Å²) >= 11 is 0. The summed E-state index contributed by atoms with van der Waals surface area (Å²) in [5.74, 6) is -0.525. The van der Waals surface area contributed by atoms with E-state index in [1.165, 1.54) is 0 Å². The van der Waals surface area contributed by atoms with Crippen molar-refractivity contribution in [2.24, 2.45) is 5.92 Å². The molecule has 0 spiro atoms. The van der Waals surface area contributed by atoms with Crippen molar-refractivity contribution < 1.29 is 19.1 Å². The Bertz CT molecular complexity index is 390. The van der Waals surface area contributed by atoms with E-state index in [0.717, 1.165) is 12.8 Å². The van der Waals surface area contributed by atoms with Gasteiger partial charge in [0.2, 0.25) is 0 Å². The van der Waals surface area contributed by atoms with Gasteiger partial charge in [-0.2, -0.15) is 0 Å². The minimum absolute atomic E-state index is 0.216. The van der Waals surface area contributed by atoms with Crippen LogP contribution in [-0.2, 0) is 19.1 Å². The highest BCUT2D eigenvalue weighted by Gasteiger charge is 2.26. The van der Waals surface area contributed by atoms with Gasteiger partial charge in [0.05, 0.1) is 23.4 Å². The molecule has 0 unspecified atom stereocenters. The third-order valence-corrected chi connectivity index (χ3v) is 2.86. The Kier molecular flexibility index (Phi) is 5.99. The Morgan fingerprint density at radius 3 is 1.60 bits per heavy atom. The van der Waals surface area contributed by atoms with E-state index >= 15 is 0 Å². The fourth-order valence-electron chi connectivity index (χ4n) is 1.90. The molecule has 112 valence electrons. The highest BCUT2D eigenvalue weighted by molar-refractivity contribution is 6.07. The number of allylic oxidation sites excluding steroid dienone is 2. The molecular formula is C16H24O4. The summed E-state index contributed by atoms with van der Waals surface area (Å²) < 4.78 is 10.4. The maximum atomic E-state index is 12.1. The number of hydrogen-bond donors (Lipinski definition) is 0. The number of hydrogen-bond acceptors (Lipinski definition) is 4. The van der Waals surface area contributed by atoms with Crippen molar-refractivity contribution in [1.82, 2.24) is 0 Å². The molecule has 0 aliphatic heterocycles. The molecule has 0 heterocycles. The van der Waals surface area contributed by atoms with Gasteiger partial charge in [0.25, 0.3) is 0 Å². The van der Waals surface area contributed by atoms with Gasteiger partial charge in [-0.15, -0.1) is 0 Å². The number of carbonyl (C=O) groups is 2. The molecule has 0 saturated heterocycles. The zero-order valence-corrected chi connectivity index (χ0v) is 12.9. The van der Waals surface area contributed by atoms with Gasteiger partial charge in [-0.3, -0.25) is 0 Å². The minimum Gasteiger partial charge on any atom is -0.459 e. The predicted octanol–water partition coefficient (Wildman–Crippen LogP) is 3.17. The van der Waals surface area contributed by atoms with Gasteiger partial charge in [0.15, 0.2) is 0 Å². The van der Waals surface area contributed by atoms with E-state index in [4.69, 9.17) is 9.47 Å². The van der Waals surface area contributed by atoms with Gasteiger partial charge in [0.1, 0.15) is 0 Å². The average molecular weight is 280 g/mol. The summed E-state index contributed by atoms with van der Waals surface area (Å²) in [6, 6.07) is 0. The van der Waals surface area contributed by atoms with E-state index in [-0.39, 0.29) is 12.2 Å². The zero-order chi connectivity index (χ0) is 15.3. The molecule has 20 heavy (non-hydrogen) atoms. The lowest BCUT2D eigenvalue weighted by atomic mass is 10.1. The van der Waals surface area contributed by atoms with E-state index in [0.29, 0.717) is 17.1 Å². The molecule has 0 amide bonds. The molecule has 1 rings (SSSR count). The third kappa shape index (κ3) is 4.83. The number of carbonyl (C=O) groups excluding carboxylic acids is 2. The van der Waals surface area contributed by atoms with Crippen molar-refractivity contribution >= 4 is 11.9 Å². The SMILES string of the molecule is CC1CC=C(C(=O)OC(C)C)C(C(=O)OC(C)C)=CC1. The topological polar surface area (TPSA) is 52.6 Å². The van der Waals surface area contributed by atoms with Crippen LogP contribution in [0.3, 0.4) is 0 Å². The lowest BCUT2D eigenvalue weighted by Crippen LogP contribution is -2.21. The lowest BCUT2D eigenvalue weighted by molar-refractivity contribution is -0.146. The van der Waals surface area contributed by atoms with E-state index in [2.05, 4.69) is 6.92 Å². The molecule has 0 N–H and O–H groups in total. The molecule has 0 saturated carbocycles. The third-order valence-electron chi connectivity index (χ3n) is 2.86. The van der Waals surface area contributed by atoms with Gasteiger partial charge in [-0.25, -0.2) is 9.59 Å². The highest BCUT2D eigenvalue weighted by Crippen LogP contribution is 2.25. The van der Waals surface area contributed by atoms with Crippen molar-refractivity contribution in [2.75, 3.05) is 0 Å². The first kappa shape index (κ1) is 16.5. The van der Waals surface area contributed by atoms with Crippen LogP contribution < -0.4 is 0 Å². The first-order valence-electron chi connectivity index (χ1n) is 7.13. The lowest BCUT2D eigenvalue weighted by Gasteiger charge is -2.14. The van der Waals surface area contributed by atoms with Crippen LogP contribution in [0.1, 0.15) is 47.5 Å². The minimum atomic E-state index is -0.457. The van der Waals surface area contributed by atoms with Crippen LogP contribution >= 0.6 is 0 Å². The van der Waals surface area contributed by atoms with Crippen molar-refractivity contribution in [3.05, 3.63) is 23.3 Å². The van der Waals surface area contributed by atoms with Crippen LogP contribution in [0.4, 0.5) is 0 Å². The summed E-state index contributed by atoms with van der Waals surface area (Å²) in [6.07, 6.45) is 4.64. The maximum Gasteiger partial charge on any atom is 0.338 e. The molecular weight excluding hydrogens is 256 g/mol. The van der Waals surface area contributed by atoms with Crippen molar-refractivity contribution in [1.29, 1.82) is 0 Å². The molecule has 1 aliphatic carbocycles. The van der Waals surface area contributed by atoms with E-state index < -0.39 is 11.9 Å². The Morgan fingerprint density at radius 2 is 1.30 bits per heavy atom. The summed E-state index contributed by atoms with van der Waals surface area (Å²) in [5.41, 5.74) is 0.655. The van der Waals surface area contributed by atoms with Gasteiger partial charge in [-0.05, 0) is 46.5 Å². The zero-order valence-electron chi connectivity index (χ0n) is 12.9. The van der Waals surface area contributed by atoms with Gasteiger partial charge >= 0.3 is 11.9 Å². The van der Waals surface area contributed by atoms with E-state index in [1.54, 1.807) is 39.8 Å².